The zero-order chi connectivity index (χ0) is 16.7. The number of hydrogen-bond acceptors (Lipinski definition) is 2. The number of amides is 1. The standard InChI is InChI=1S/C19H22ClNO2/c1-14(2)12-17(15-8-4-3-5-9-15)21-19(22)13-23-18-11-7-6-10-16(18)20/h3-11,14,17H,12-13H2,1-2H3,(H,21,22). The SMILES string of the molecule is CC(C)CC(NC(=O)COc1ccccc1Cl)c1ccccc1. The molecule has 0 aliphatic rings. The summed E-state index contributed by atoms with van der Waals surface area (Å²) in [6.07, 6.45) is 0.877. The normalized spacial score (nSPS) is 12.0. The Bertz CT molecular complexity index is 628. The summed E-state index contributed by atoms with van der Waals surface area (Å²) in [4.78, 5) is 12.2. The van der Waals surface area contributed by atoms with Crippen LogP contribution in [0.15, 0.2) is 54.6 Å². The largest absolute Gasteiger partial charge is 0.482 e. The molecule has 2 aromatic rings. The van der Waals surface area contributed by atoms with Gasteiger partial charge in [0.2, 0.25) is 0 Å². The third-order valence-corrected chi connectivity index (χ3v) is 3.75. The van der Waals surface area contributed by atoms with Crippen LogP contribution in [-0.4, -0.2) is 12.5 Å². The van der Waals surface area contributed by atoms with E-state index in [1.54, 1.807) is 12.1 Å². The molecule has 0 heterocycles. The summed E-state index contributed by atoms with van der Waals surface area (Å²) in [5.41, 5.74) is 1.10. The van der Waals surface area contributed by atoms with Crippen molar-refractivity contribution in [2.24, 2.45) is 5.92 Å². The second-order valence-electron chi connectivity index (χ2n) is 5.88. The predicted molar refractivity (Wildman–Crippen MR) is 93.7 cm³/mol. The number of nitrogens with one attached hydrogen (secondary N) is 1. The summed E-state index contributed by atoms with van der Waals surface area (Å²) in [5.74, 6) is 0.842. The van der Waals surface area contributed by atoms with Crippen LogP contribution in [0.5, 0.6) is 5.75 Å². The van der Waals surface area contributed by atoms with Gasteiger partial charge in [0.05, 0.1) is 11.1 Å². The van der Waals surface area contributed by atoms with Gasteiger partial charge in [0.15, 0.2) is 6.61 Å². The molecule has 0 fully saturated rings. The number of ether oxygens (including phenoxy) is 1. The lowest BCUT2D eigenvalue weighted by atomic mass is 9.97. The highest BCUT2D eigenvalue weighted by molar-refractivity contribution is 6.32. The summed E-state index contributed by atoms with van der Waals surface area (Å²) < 4.78 is 5.50. The van der Waals surface area contributed by atoms with Crippen LogP contribution in [0.2, 0.25) is 5.02 Å². The zero-order valence-corrected chi connectivity index (χ0v) is 14.2. The molecule has 0 saturated heterocycles. The Kier molecular flexibility index (Phi) is 6.48. The Morgan fingerprint density at radius 2 is 1.74 bits per heavy atom. The molecule has 2 rings (SSSR count). The Labute approximate surface area is 142 Å². The van der Waals surface area contributed by atoms with Crippen LogP contribution in [0.25, 0.3) is 0 Å². The third kappa shape index (κ3) is 5.61. The number of carbonyl (C=O) groups excluding carboxylic acids is 1. The van der Waals surface area contributed by atoms with Gasteiger partial charge < -0.3 is 10.1 Å². The number of para-hydroxylation sites is 1. The molecule has 0 bridgehead atoms. The summed E-state index contributed by atoms with van der Waals surface area (Å²) in [6, 6.07) is 17.1. The molecule has 0 aliphatic heterocycles. The van der Waals surface area contributed by atoms with E-state index in [1.165, 1.54) is 0 Å². The molecule has 1 atom stereocenters. The molecule has 1 N–H and O–H groups in total. The van der Waals surface area contributed by atoms with E-state index in [-0.39, 0.29) is 18.6 Å². The van der Waals surface area contributed by atoms with Gasteiger partial charge in [-0.3, -0.25) is 4.79 Å². The van der Waals surface area contributed by atoms with Crippen molar-refractivity contribution in [3.63, 3.8) is 0 Å². The molecule has 1 amide bonds. The fourth-order valence-corrected chi connectivity index (χ4v) is 2.57. The van der Waals surface area contributed by atoms with Gasteiger partial charge >= 0.3 is 0 Å². The van der Waals surface area contributed by atoms with Crippen molar-refractivity contribution in [1.82, 2.24) is 5.32 Å². The van der Waals surface area contributed by atoms with Crippen LogP contribution in [-0.2, 0) is 4.79 Å². The molecule has 0 saturated carbocycles. The highest BCUT2D eigenvalue weighted by atomic mass is 35.5. The van der Waals surface area contributed by atoms with Crippen LogP contribution in [0.1, 0.15) is 31.9 Å². The van der Waals surface area contributed by atoms with Gasteiger partial charge in [-0.05, 0) is 30.0 Å². The minimum Gasteiger partial charge on any atom is -0.482 e. The van der Waals surface area contributed by atoms with Crippen LogP contribution in [0.3, 0.4) is 0 Å². The lowest BCUT2D eigenvalue weighted by molar-refractivity contribution is -0.124. The second kappa shape index (κ2) is 8.59. The highest BCUT2D eigenvalue weighted by Crippen LogP contribution is 2.23. The van der Waals surface area contributed by atoms with Crippen molar-refractivity contribution in [2.75, 3.05) is 6.61 Å². The molecular formula is C19H22ClNO2. The zero-order valence-electron chi connectivity index (χ0n) is 13.5. The average Bonchev–Trinajstić information content (AvgIpc) is 2.54. The number of rotatable bonds is 7. The summed E-state index contributed by atoms with van der Waals surface area (Å²) >= 11 is 6.02. The molecule has 1 unspecified atom stereocenters. The first-order valence-corrected chi connectivity index (χ1v) is 8.15. The minimum atomic E-state index is -0.153. The van der Waals surface area contributed by atoms with Gasteiger partial charge in [-0.15, -0.1) is 0 Å². The molecule has 3 nitrogen and oxygen atoms in total. The van der Waals surface area contributed by atoms with E-state index in [2.05, 4.69) is 19.2 Å². The molecule has 2 aromatic carbocycles. The van der Waals surface area contributed by atoms with E-state index >= 15 is 0 Å². The van der Waals surface area contributed by atoms with Crippen LogP contribution >= 0.6 is 11.6 Å². The minimum absolute atomic E-state index is 0.0152. The van der Waals surface area contributed by atoms with Crippen LogP contribution in [0, 0.1) is 5.92 Å². The van der Waals surface area contributed by atoms with E-state index in [1.807, 2.05) is 42.5 Å². The topological polar surface area (TPSA) is 38.3 Å². The molecule has 0 radical (unpaired) electrons. The number of benzene rings is 2. The summed E-state index contributed by atoms with van der Waals surface area (Å²) in [5, 5.41) is 3.55. The Hall–Kier alpha value is -2.00. The van der Waals surface area contributed by atoms with E-state index in [4.69, 9.17) is 16.3 Å². The van der Waals surface area contributed by atoms with Crippen LogP contribution in [0.4, 0.5) is 0 Å². The fraction of sp³-hybridized carbons (Fsp3) is 0.316. The fourth-order valence-electron chi connectivity index (χ4n) is 2.38. The first kappa shape index (κ1) is 17.4. The van der Waals surface area contributed by atoms with E-state index in [0.29, 0.717) is 16.7 Å². The molecule has 0 aromatic heterocycles. The molecule has 4 heteroatoms. The molecule has 0 spiro atoms. The molecular weight excluding hydrogens is 310 g/mol. The van der Waals surface area contributed by atoms with E-state index in [9.17, 15) is 4.79 Å². The van der Waals surface area contributed by atoms with Crippen molar-refractivity contribution < 1.29 is 9.53 Å². The van der Waals surface area contributed by atoms with Crippen molar-refractivity contribution in [2.45, 2.75) is 26.3 Å². The maximum atomic E-state index is 12.2. The first-order chi connectivity index (χ1) is 11.1. The van der Waals surface area contributed by atoms with Gasteiger partial charge in [-0.25, -0.2) is 0 Å². The highest BCUT2D eigenvalue weighted by Gasteiger charge is 2.16. The Balaban J connectivity index is 1.96. The maximum absolute atomic E-state index is 12.2. The lowest BCUT2D eigenvalue weighted by Gasteiger charge is -2.21. The van der Waals surface area contributed by atoms with Gasteiger partial charge in [0.1, 0.15) is 5.75 Å². The molecule has 23 heavy (non-hydrogen) atoms. The summed E-state index contributed by atoms with van der Waals surface area (Å²) in [6.45, 7) is 4.23. The van der Waals surface area contributed by atoms with E-state index in [0.717, 1.165) is 12.0 Å². The maximum Gasteiger partial charge on any atom is 0.258 e. The van der Waals surface area contributed by atoms with Crippen molar-refractivity contribution in [1.29, 1.82) is 0 Å². The quantitative estimate of drug-likeness (QED) is 0.803. The molecule has 0 aliphatic carbocycles. The van der Waals surface area contributed by atoms with Crippen LogP contribution < -0.4 is 10.1 Å². The Morgan fingerprint density at radius 3 is 2.39 bits per heavy atom. The molecule has 122 valence electrons. The monoisotopic (exact) mass is 331 g/mol. The lowest BCUT2D eigenvalue weighted by Crippen LogP contribution is -2.33. The van der Waals surface area contributed by atoms with Gasteiger partial charge in [-0.1, -0.05) is 67.9 Å². The number of halogens is 1. The van der Waals surface area contributed by atoms with Crippen molar-refractivity contribution in [3.05, 3.63) is 65.2 Å². The summed E-state index contributed by atoms with van der Waals surface area (Å²) in [7, 11) is 0. The van der Waals surface area contributed by atoms with Crippen molar-refractivity contribution >= 4 is 17.5 Å². The van der Waals surface area contributed by atoms with E-state index < -0.39 is 0 Å². The van der Waals surface area contributed by atoms with Gasteiger partial charge in [0, 0.05) is 0 Å². The van der Waals surface area contributed by atoms with Crippen molar-refractivity contribution in [3.8, 4) is 5.75 Å². The number of hydrogen-bond donors (Lipinski definition) is 1. The van der Waals surface area contributed by atoms with Gasteiger partial charge in [0.25, 0.3) is 5.91 Å². The first-order valence-electron chi connectivity index (χ1n) is 7.78. The number of carbonyl (C=O) groups is 1. The Morgan fingerprint density at radius 1 is 1.09 bits per heavy atom. The smallest absolute Gasteiger partial charge is 0.258 e. The third-order valence-electron chi connectivity index (χ3n) is 3.44. The second-order valence-corrected chi connectivity index (χ2v) is 6.29. The van der Waals surface area contributed by atoms with Gasteiger partial charge in [-0.2, -0.15) is 0 Å². The predicted octanol–water partition coefficient (Wildman–Crippen LogP) is 4.62. The average molecular weight is 332 g/mol.